The summed E-state index contributed by atoms with van der Waals surface area (Å²) in [4.78, 5) is 15.2. The van der Waals surface area contributed by atoms with E-state index in [4.69, 9.17) is 13.7 Å². The standard InChI is InChI=1S/C10H10N2O4/c1-3-14-10(13)7-4-8(16-12-7)9-5-11-6(2)15-9/h4-5H,3H2,1-2H3. The van der Waals surface area contributed by atoms with Crippen LogP contribution in [-0.2, 0) is 4.74 Å². The zero-order chi connectivity index (χ0) is 11.5. The number of aromatic nitrogens is 2. The molecule has 0 aromatic carbocycles. The fourth-order valence-corrected chi connectivity index (χ4v) is 1.17. The van der Waals surface area contributed by atoms with Crippen LogP contribution >= 0.6 is 0 Å². The minimum atomic E-state index is -0.520. The van der Waals surface area contributed by atoms with Crippen LogP contribution < -0.4 is 0 Å². The first-order valence-corrected chi connectivity index (χ1v) is 4.77. The molecule has 0 saturated heterocycles. The van der Waals surface area contributed by atoms with Crippen LogP contribution in [0.4, 0.5) is 0 Å². The van der Waals surface area contributed by atoms with Crippen LogP contribution in [0.5, 0.6) is 0 Å². The Kier molecular flexibility index (Phi) is 2.72. The molecule has 0 bridgehead atoms. The van der Waals surface area contributed by atoms with Crippen molar-refractivity contribution in [2.45, 2.75) is 13.8 Å². The highest BCUT2D eigenvalue weighted by Crippen LogP contribution is 2.21. The average molecular weight is 222 g/mol. The van der Waals surface area contributed by atoms with Crippen LogP contribution in [0, 0.1) is 6.92 Å². The molecule has 0 radical (unpaired) electrons. The number of nitrogens with zero attached hydrogens (tertiary/aromatic N) is 2. The lowest BCUT2D eigenvalue weighted by Crippen LogP contribution is -2.04. The van der Waals surface area contributed by atoms with Crippen molar-refractivity contribution in [2.24, 2.45) is 0 Å². The number of esters is 1. The summed E-state index contributed by atoms with van der Waals surface area (Å²) in [5.41, 5.74) is 0.117. The molecule has 0 saturated carbocycles. The summed E-state index contributed by atoms with van der Waals surface area (Å²) >= 11 is 0. The van der Waals surface area contributed by atoms with Crippen molar-refractivity contribution in [1.82, 2.24) is 10.1 Å². The van der Waals surface area contributed by atoms with Crippen LogP contribution in [0.25, 0.3) is 11.5 Å². The van der Waals surface area contributed by atoms with Gasteiger partial charge in [0.2, 0.25) is 5.76 Å². The van der Waals surface area contributed by atoms with Gasteiger partial charge in [-0.25, -0.2) is 9.78 Å². The molecular weight excluding hydrogens is 212 g/mol. The number of carbonyl (C=O) groups is 1. The molecule has 0 unspecified atom stereocenters. The molecule has 6 heteroatoms. The number of hydrogen-bond acceptors (Lipinski definition) is 6. The summed E-state index contributed by atoms with van der Waals surface area (Å²) in [5.74, 6) is 0.780. The average Bonchev–Trinajstić information content (AvgIpc) is 2.85. The van der Waals surface area contributed by atoms with E-state index in [1.807, 2.05) is 0 Å². The van der Waals surface area contributed by atoms with E-state index in [1.165, 1.54) is 12.3 Å². The zero-order valence-corrected chi connectivity index (χ0v) is 8.89. The van der Waals surface area contributed by atoms with E-state index in [2.05, 4.69) is 10.1 Å². The Hall–Kier alpha value is -2.11. The monoisotopic (exact) mass is 222 g/mol. The van der Waals surface area contributed by atoms with Gasteiger partial charge in [-0.05, 0) is 6.92 Å². The topological polar surface area (TPSA) is 78.4 Å². The summed E-state index contributed by atoms with van der Waals surface area (Å²) < 4.78 is 14.9. The second-order valence-electron chi connectivity index (χ2n) is 3.04. The maximum atomic E-state index is 11.3. The molecule has 0 aliphatic heterocycles. The normalized spacial score (nSPS) is 10.4. The fourth-order valence-electron chi connectivity index (χ4n) is 1.17. The predicted octanol–water partition coefficient (Wildman–Crippen LogP) is 1.81. The van der Waals surface area contributed by atoms with Crippen molar-refractivity contribution in [2.75, 3.05) is 6.61 Å². The van der Waals surface area contributed by atoms with E-state index in [9.17, 15) is 4.79 Å². The van der Waals surface area contributed by atoms with Crippen molar-refractivity contribution in [3.63, 3.8) is 0 Å². The van der Waals surface area contributed by atoms with Crippen LogP contribution in [-0.4, -0.2) is 22.7 Å². The van der Waals surface area contributed by atoms with Crippen LogP contribution in [0.1, 0.15) is 23.3 Å². The second kappa shape index (κ2) is 4.18. The van der Waals surface area contributed by atoms with Crippen LogP contribution in [0.3, 0.4) is 0 Å². The molecular formula is C10H10N2O4. The Balaban J connectivity index is 2.22. The quantitative estimate of drug-likeness (QED) is 0.737. The van der Waals surface area contributed by atoms with Crippen molar-refractivity contribution < 1.29 is 18.5 Å². The summed E-state index contributed by atoms with van der Waals surface area (Å²) in [7, 11) is 0. The van der Waals surface area contributed by atoms with Gasteiger partial charge in [0.05, 0.1) is 12.8 Å². The van der Waals surface area contributed by atoms with Gasteiger partial charge in [-0.1, -0.05) is 5.16 Å². The van der Waals surface area contributed by atoms with Gasteiger partial charge in [0.15, 0.2) is 17.3 Å². The summed E-state index contributed by atoms with van der Waals surface area (Å²) in [6.45, 7) is 3.73. The largest absolute Gasteiger partial charge is 0.461 e. The molecule has 0 N–H and O–H groups in total. The van der Waals surface area contributed by atoms with E-state index in [0.29, 0.717) is 24.0 Å². The minimum absolute atomic E-state index is 0.117. The van der Waals surface area contributed by atoms with Crippen molar-refractivity contribution >= 4 is 5.97 Å². The molecule has 2 rings (SSSR count). The van der Waals surface area contributed by atoms with Gasteiger partial charge in [-0.15, -0.1) is 0 Å². The van der Waals surface area contributed by atoms with Crippen molar-refractivity contribution in [3.05, 3.63) is 23.8 Å². The van der Waals surface area contributed by atoms with Crippen molar-refractivity contribution in [1.29, 1.82) is 0 Å². The highest BCUT2D eigenvalue weighted by Gasteiger charge is 2.16. The second-order valence-corrected chi connectivity index (χ2v) is 3.04. The molecule has 0 atom stereocenters. The molecule has 0 aliphatic carbocycles. The number of aryl methyl sites for hydroxylation is 1. The maximum Gasteiger partial charge on any atom is 0.360 e. The number of carbonyl (C=O) groups excluding carboxylic acids is 1. The number of ether oxygens (including phenoxy) is 1. The van der Waals surface area contributed by atoms with E-state index in [-0.39, 0.29) is 5.69 Å². The summed E-state index contributed by atoms with van der Waals surface area (Å²) in [6, 6.07) is 1.46. The Morgan fingerprint density at radius 3 is 2.94 bits per heavy atom. The third-order valence-corrected chi connectivity index (χ3v) is 1.86. The highest BCUT2D eigenvalue weighted by molar-refractivity contribution is 5.88. The third kappa shape index (κ3) is 1.95. The molecule has 2 heterocycles. The first-order chi connectivity index (χ1) is 7.70. The van der Waals surface area contributed by atoms with Gasteiger partial charge >= 0.3 is 5.97 Å². The lowest BCUT2D eigenvalue weighted by molar-refractivity contribution is 0.0514. The smallest absolute Gasteiger partial charge is 0.360 e. The van der Waals surface area contributed by atoms with Gasteiger partial charge < -0.3 is 13.7 Å². The molecule has 2 aromatic heterocycles. The number of rotatable bonds is 3. The van der Waals surface area contributed by atoms with Gasteiger partial charge in [0, 0.05) is 13.0 Å². The fraction of sp³-hybridized carbons (Fsp3) is 0.300. The number of hydrogen-bond donors (Lipinski definition) is 0. The third-order valence-electron chi connectivity index (χ3n) is 1.86. The molecule has 16 heavy (non-hydrogen) atoms. The van der Waals surface area contributed by atoms with Gasteiger partial charge in [0.1, 0.15) is 0 Å². The Labute approximate surface area is 91.2 Å². The van der Waals surface area contributed by atoms with E-state index in [0.717, 1.165) is 0 Å². The van der Waals surface area contributed by atoms with Crippen molar-refractivity contribution in [3.8, 4) is 11.5 Å². The first kappa shape index (κ1) is 10.4. The lowest BCUT2D eigenvalue weighted by Gasteiger charge is -1.94. The molecule has 6 nitrogen and oxygen atoms in total. The zero-order valence-electron chi connectivity index (χ0n) is 8.89. The highest BCUT2D eigenvalue weighted by atomic mass is 16.5. The Morgan fingerprint density at radius 2 is 2.31 bits per heavy atom. The SMILES string of the molecule is CCOC(=O)c1cc(-c2cnc(C)o2)on1. The van der Waals surface area contributed by atoms with Gasteiger partial charge in [0.25, 0.3) is 0 Å². The molecule has 84 valence electrons. The molecule has 0 aliphatic rings. The predicted molar refractivity (Wildman–Crippen MR) is 52.7 cm³/mol. The van der Waals surface area contributed by atoms with Gasteiger partial charge in [-0.3, -0.25) is 0 Å². The number of oxazole rings is 1. The van der Waals surface area contributed by atoms with Crippen LogP contribution in [0.15, 0.2) is 21.2 Å². The first-order valence-electron chi connectivity index (χ1n) is 4.77. The maximum absolute atomic E-state index is 11.3. The summed E-state index contributed by atoms with van der Waals surface area (Å²) in [5, 5.41) is 3.58. The Bertz CT molecular complexity index is 500. The molecule has 2 aromatic rings. The van der Waals surface area contributed by atoms with Crippen LogP contribution in [0.2, 0.25) is 0 Å². The minimum Gasteiger partial charge on any atom is -0.461 e. The van der Waals surface area contributed by atoms with E-state index >= 15 is 0 Å². The van der Waals surface area contributed by atoms with E-state index in [1.54, 1.807) is 13.8 Å². The Morgan fingerprint density at radius 1 is 1.50 bits per heavy atom. The van der Waals surface area contributed by atoms with Gasteiger partial charge in [-0.2, -0.15) is 0 Å². The molecule has 0 spiro atoms. The summed E-state index contributed by atoms with van der Waals surface area (Å²) in [6.07, 6.45) is 1.50. The van der Waals surface area contributed by atoms with E-state index < -0.39 is 5.97 Å². The molecule has 0 amide bonds. The lowest BCUT2D eigenvalue weighted by atomic mass is 10.3. The molecule has 0 fully saturated rings.